The second-order valence-electron chi connectivity index (χ2n) is 5.49. The predicted octanol–water partition coefficient (Wildman–Crippen LogP) is -2.71. The number of carbonyl (C=O) groups is 2. The molecular formula is C18H16FeN2O6+. The van der Waals surface area contributed by atoms with E-state index in [2.05, 4.69) is 10.6 Å². The Balaban J connectivity index is 0.00000364. The SMILES string of the molecule is O=C([O-])C(NCCNC(C(=O)[O-])c1ccccc1[O-])c1ccccc1[O-].[Fe+5]. The van der Waals surface area contributed by atoms with Crippen LogP contribution in [-0.2, 0) is 26.7 Å². The van der Waals surface area contributed by atoms with Gasteiger partial charge in [0.05, 0.1) is 24.0 Å². The van der Waals surface area contributed by atoms with Crippen molar-refractivity contribution in [1.82, 2.24) is 10.6 Å². The van der Waals surface area contributed by atoms with Gasteiger partial charge in [-0.15, -0.1) is 11.5 Å². The minimum atomic E-state index is -1.48. The van der Waals surface area contributed by atoms with Crippen molar-refractivity contribution in [1.29, 1.82) is 0 Å². The van der Waals surface area contributed by atoms with Gasteiger partial charge in [0.1, 0.15) is 0 Å². The minimum Gasteiger partial charge on any atom is -0.872 e. The average molecular weight is 412 g/mol. The summed E-state index contributed by atoms with van der Waals surface area (Å²) in [5.41, 5.74) is 0.0442. The Morgan fingerprint density at radius 3 is 1.37 bits per heavy atom. The van der Waals surface area contributed by atoms with Crippen LogP contribution in [0, 0.1) is 0 Å². The molecule has 8 nitrogen and oxygen atoms in total. The van der Waals surface area contributed by atoms with E-state index in [4.69, 9.17) is 0 Å². The van der Waals surface area contributed by atoms with Crippen molar-refractivity contribution in [3.63, 3.8) is 0 Å². The molecule has 0 saturated carbocycles. The zero-order chi connectivity index (χ0) is 19.1. The quantitative estimate of drug-likeness (QED) is 0.334. The smallest absolute Gasteiger partial charge is 0.872 e. The molecular weight excluding hydrogens is 396 g/mol. The fraction of sp³-hybridized carbons (Fsp3) is 0.222. The largest absolute Gasteiger partial charge is 5.00 e. The number of nitrogens with one attached hydrogen (secondary N) is 2. The first kappa shape index (κ1) is 22.5. The maximum absolute atomic E-state index is 11.8. The third kappa shape index (κ3) is 5.97. The molecule has 0 aliphatic carbocycles. The molecule has 141 valence electrons. The first-order valence-corrected chi connectivity index (χ1v) is 7.82. The van der Waals surface area contributed by atoms with Crippen LogP contribution < -0.4 is 31.1 Å². The molecule has 2 N–H and O–H groups in total. The van der Waals surface area contributed by atoms with Gasteiger partial charge >= 0.3 is 17.1 Å². The van der Waals surface area contributed by atoms with Crippen LogP contribution in [0.5, 0.6) is 11.5 Å². The zero-order valence-corrected chi connectivity index (χ0v) is 15.1. The molecule has 0 aromatic heterocycles. The normalized spacial score (nSPS) is 12.6. The van der Waals surface area contributed by atoms with Crippen molar-refractivity contribution < 1.29 is 47.1 Å². The van der Waals surface area contributed by atoms with Crippen molar-refractivity contribution in [3.8, 4) is 11.5 Å². The van der Waals surface area contributed by atoms with E-state index in [0.717, 1.165) is 0 Å². The van der Waals surface area contributed by atoms with Crippen LogP contribution in [0.15, 0.2) is 48.5 Å². The number of para-hydroxylation sites is 2. The summed E-state index contributed by atoms with van der Waals surface area (Å²) in [5, 5.41) is 51.3. The van der Waals surface area contributed by atoms with Gasteiger partial charge in [0.25, 0.3) is 0 Å². The zero-order valence-electron chi connectivity index (χ0n) is 14.0. The number of hydrogen-bond donors (Lipinski definition) is 2. The van der Waals surface area contributed by atoms with Crippen LogP contribution in [0.25, 0.3) is 0 Å². The van der Waals surface area contributed by atoms with E-state index in [0.29, 0.717) is 0 Å². The summed E-state index contributed by atoms with van der Waals surface area (Å²) in [7, 11) is 0. The number of carboxylic acid groups (broad SMARTS) is 2. The van der Waals surface area contributed by atoms with Gasteiger partial charge in [-0.25, -0.2) is 0 Å². The van der Waals surface area contributed by atoms with Crippen LogP contribution in [0.3, 0.4) is 0 Å². The van der Waals surface area contributed by atoms with E-state index >= 15 is 0 Å². The first-order chi connectivity index (χ1) is 12.4. The van der Waals surface area contributed by atoms with E-state index in [1.807, 2.05) is 0 Å². The summed E-state index contributed by atoms with van der Waals surface area (Å²) >= 11 is 0. The maximum Gasteiger partial charge on any atom is 5.00 e. The predicted molar refractivity (Wildman–Crippen MR) is 83.3 cm³/mol. The number of rotatable bonds is 9. The summed E-state index contributed by atoms with van der Waals surface area (Å²) in [6.07, 6.45) is 0. The number of benzene rings is 2. The summed E-state index contributed by atoms with van der Waals surface area (Å²) in [6, 6.07) is 8.60. The standard InChI is InChI=1S/C18H20N2O6.Fe/c21-13-7-3-1-5-11(13)15(17(23)24)19-9-10-20-16(18(25)26)12-6-2-4-8-14(12)22;/h1-8,15-16,19-22H,9-10H2,(H,23,24)(H,25,26);/q;+5/p-4. The molecule has 2 aromatic carbocycles. The van der Waals surface area contributed by atoms with Crippen molar-refractivity contribution >= 4 is 11.9 Å². The Kier molecular flexibility index (Phi) is 8.77. The van der Waals surface area contributed by atoms with Gasteiger partial charge < -0.3 is 40.6 Å². The van der Waals surface area contributed by atoms with Gasteiger partial charge in [-0.05, 0) is 11.1 Å². The van der Waals surface area contributed by atoms with Gasteiger partial charge in [0, 0.05) is 13.1 Å². The van der Waals surface area contributed by atoms with Crippen molar-refractivity contribution in [2.45, 2.75) is 12.1 Å². The summed E-state index contributed by atoms with van der Waals surface area (Å²) in [4.78, 5) is 22.6. The topological polar surface area (TPSA) is 150 Å². The van der Waals surface area contributed by atoms with Gasteiger partial charge in [-0.3, -0.25) is 0 Å². The number of carboxylic acids is 2. The molecule has 0 spiro atoms. The fourth-order valence-electron chi connectivity index (χ4n) is 2.51. The third-order valence-corrected chi connectivity index (χ3v) is 3.75. The molecule has 0 fully saturated rings. The van der Waals surface area contributed by atoms with E-state index in [1.165, 1.54) is 48.5 Å². The monoisotopic (exact) mass is 412 g/mol. The van der Waals surface area contributed by atoms with Gasteiger partial charge in [0.2, 0.25) is 0 Å². The van der Waals surface area contributed by atoms with Gasteiger partial charge in [-0.1, -0.05) is 48.5 Å². The van der Waals surface area contributed by atoms with Gasteiger partial charge in [0.15, 0.2) is 0 Å². The van der Waals surface area contributed by atoms with Crippen molar-refractivity contribution in [2.24, 2.45) is 0 Å². The molecule has 0 bridgehead atoms. The molecule has 2 aromatic rings. The third-order valence-electron chi connectivity index (χ3n) is 3.75. The Morgan fingerprint density at radius 1 is 0.741 bits per heavy atom. The fourth-order valence-corrected chi connectivity index (χ4v) is 2.51. The van der Waals surface area contributed by atoms with Crippen LogP contribution in [0.1, 0.15) is 23.2 Å². The average Bonchev–Trinajstić information content (AvgIpc) is 2.59. The molecule has 9 heteroatoms. The van der Waals surface area contributed by atoms with Crippen LogP contribution in [-0.4, -0.2) is 25.0 Å². The van der Waals surface area contributed by atoms with E-state index in [9.17, 15) is 30.0 Å². The number of hydrogen-bond acceptors (Lipinski definition) is 8. The van der Waals surface area contributed by atoms with E-state index in [-0.39, 0.29) is 41.3 Å². The molecule has 0 aliphatic heterocycles. The molecule has 0 amide bonds. The van der Waals surface area contributed by atoms with Crippen molar-refractivity contribution in [3.05, 3.63) is 59.7 Å². The first-order valence-electron chi connectivity index (χ1n) is 7.82. The Hall–Kier alpha value is -2.58. The molecule has 0 saturated heterocycles. The Morgan fingerprint density at radius 2 is 1.07 bits per heavy atom. The van der Waals surface area contributed by atoms with E-state index in [1.54, 1.807) is 0 Å². The molecule has 2 atom stereocenters. The number of carbonyl (C=O) groups excluding carboxylic acids is 2. The maximum atomic E-state index is 11.8. The summed E-state index contributed by atoms with van der Waals surface area (Å²) < 4.78 is 0. The summed E-state index contributed by atoms with van der Waals surface area (Å²) in [6.45, 7) is 0.0234. The van der Waals surface area contributed by atoms with Crippen LogP contribution >= 0.6 is 0 Å². The Labute approximate surface area is 166 Å². The van der Waals surface area contributed by atoms with Crippen molar-refractivity contribution in [2.75, 3.05) is 13.1 Å². The molecule has 1 radical (unpaired) electrons. The molecule has 2 unspecified atom stereocenters. The Bertz CT molecular complexity index is 720. The van der Waals surface area contributed by atoms with Gasteiger partial charge in [-0.2, -0.15) is 0 Å². The van der Waals surface area contributed by atoms with E-state index < -0.39 is 35.5 Å². The summed E-state index contributed by atoms with van der Waals surface area (Å²) in [5.74, 6) is -3.85. The second-order valence-corrected chi connectivity index (χ2v) is 5.49. The van der Waals surface area contributed by atoms with Crippen LogP contribution in [0.4, 0.5) is 0 Å². The molecule has 0 heterocycles. The molecule has 27 heavy (non-hydrogen) atoms. The minimum absolute atomic E-state index is 0. The molecule has 2 rings (SSSR count). The molecule has 0 aliphatic rings. The number of aliphatic carboxylic acids is 2. The van der Waals surface area contributed by atoms with Crippen LogP contribution in [0.2, 0.25) is 0 Å². The second kappa shape index (κ2) is 10.5.